The summed E-state index contributed by atoms with van der Waals surface area (Å²) >= 11 is 1.59. The fourth-order valence-electron chi connectivity index (χ4n) is 2.74. The first kappa shape index (κ1) is 18.3. The number of urea groups is 1. The molecule has 1 aliphatic rings. The van der Waals surface area contributed by atoms with E-state index in [2.05, 4.69) is 5.32 Å². The van der Waals surface area contributed by atoms with E-state index in [1.807, 2.05) is 6.07 Å². The van der Waals surface area contributed by atoms with Crippen molar-refractivity contribution in [2.45, 2.75) is 5.37 Å². The number of hydrogen-bond acceptors (Lipinski definition) is 4. The number of hydrogen-bond donors (Lipinski definition) is 1. The Kier molecular flexibility index (Phi) is 5.51. The van der Waals surface area contributed by atoms with Crippen molar-refractivity contribution in [2.24, 2.45) is 0 Å². The summed E-state index contributed by atoms with van der Waals surface area (Å²) in [5.41, 5.74) is 1.01. The first-order chi connectivity index (χ1) is 12.5. The van der Waals surface area contributed by atoms with Gasteiger partial charge in [-0.2, -0.15) is 0 Å². The molecule has 0 aliphatic carbocycles. The average Bonchev–Trinajstić information content (AvgIpc) is 3.14. The van der Waals surface area contributed by atoms with Gasteiger partial charge in [-0.3, -0.25) is 0 Å². The molecule has 0 unspecified atom stereocenters. The average molecular weight is 380 g/mol. The molecule has 138 valence electrons. The monoisotopic (exact) mass is 380 g/mol. The lowest BCUT2D eigenvalue weighted by Crippen LogP contribution is -2.34. The lowest BCUT2D eigenvalue weighted by Gasteiger charge is -2.26. The third kappa shape index (κ3) is 3.70. The Hall–Kier alpha value is -2.48. The van der Waals surface area contributed by atoms with E-state index in [4.69, 9.17) is 9.47 Å². The number of anilines is 1. The molecule has 0 spiro atoms. The van der Waals surface area contributed by atoms with Crippen LogP contribution in [0.1, 0.15) is 10.9 Å². The van der Waals surface area contributed by atoms with Crippen LogP contribution < -0.4 is 14.8 Å². The van der Waals surface area contributed by atoms with Gasteiger partial charge in [-0.25, -0.2) is 13.6 Å². The predicted molar refractivity (Wildman–Crippen MR) is 96.8 cm³/mol. The van der Waals surface area contributed by atoms with Crippen LogP contribution in [0.4, 0.5) is 19.3 Å². The molecular formula is C18H18F2N2O3S. The number of halogens is 2. The number of rotatable bonds is 4. The van der Waals surface area contributed by atoms with Crippen molar-refractivity contribution in [3.05, 3.63) is 53.6 Å². The van der Waals surface area contributed by atoms with Crippen LogP contribution >= 0.6 is 11.8 Å². The van der Waals surface area contributed by atoms with Crippen LogP contribution in [0.3, 0.4) is 0 Å². The van der Waals surface area contributed by atoms with E-state index in [0.29, 0.717) is 18.0 Å². The van der Waals surface area contributed by atoms with Crippen molar-refractivity contribution >= 4 is 23.5 Å². The minimum Gasteiger partial charge on any atom is -0.497 e. The largest absolute Gasteiger partial charge is 0.497 e. The Labute approximate surface area is 154 Å². The SMILES string of the molecule is COc1ccc(OC)c([C@H]2SCCN2C(=O)Nc2ccc(F)c(F)c2)c1. The van der Waals surface area contributed by atoms with Crippen LogP contribution in [0.2, 0.25) is 0 Å². The van der Waals surface area contributed by atoms with Gasteiger partial charge < -0.3 is 19.7 Å². The van der Waals surface area contributed by atoms with Gasteiger partial charge in [-0.1, -0.05) is 0 Å². The summed E-state index contributed by atoms with van der Waals surface area (Å²) in [7, 11) is 3.14. The number of nitrogens with one attached hydrogen (secondary N) is 1. The first-order valence-corrected chi connectivity index (χ1v) is 8.94. The standard InChI is InChI=1S/C18H18F2N2O3S/c1-24-12-4-6-16(25-2)13(10-12)17-22(7-8-26-17)18(23)21-11-3-5-14(19)15(20)9-11/h3-6,9-10,17H,7-8H2,1-2H3,(H,21,23)/t17-/m1/s1. The number of amides is 2. The number of carbonyl (C=O) groups is 1. The van der Waals surface area contributed by atoms with Gasteiger partial charge in [-0.15, -0.1) is 11.8 Å². The van der Waals surface area contributed by atoms with E-state index in [9.17, 15) is 13.6 Å². The molecule has 0 aromatic heterocycles. The summed E-state index contributed by atoms with van der Waals surface area (Å²) in [6.07, 6.45) is 0. The molecule has 1 heterocycles. The molecular weight excluding hydrogens is 362 g/mol. The molecule has 3 rings (SSSR count). The molecule has 5 nitrogen and oxygen atoms in total. The van der Waals surface area contributed by atoms with Gasteiger partial charge in [0.1, 0.15) is 16.9 Å². The van der Waals surface area contributed by atoms with Gasteiger partial charge in [0.05, 0.1) is 14.2 Å². The van der Waals surface area contributed by atoms with Gasteiger partial charge >= 0.3 is 6.03 Å². The summed E-state index contributed by atoms with van der Waals surface area (Å²) in [6, 6.07) is 8.27. The molecule has 2 amide bonds. The molecule has 1 atom stereocenters. The fraction of sp³-hybridized carbons (Fsp3) is 0.278. The third-order valence-electron chi connectivity index (χ3n) is 4.03. The molecule has 2 aromatic rings. The highest BCUT2D eigenvalue weighted by Gasteiger charge is 2.33. The zero-order chi connectivity index (χ0) is 18.7. The first-order valence-electron chi connectivity index (χ1n) is 7.89. The van der Waals surface area contributed by atoms with Crippen LogP contribution in [-0.4, -0.2) is 37.4 Å². The third-order valence-corrected chi connectivity index (χ3v) is 5.27. The van der Waals surface area contributed by atoms with Crippen molar-refractivity contribution in [1.82, 2.24) is 4.90 Å². The second-order valence-corrected chi connectivity index (χ2v) is 6.77. The summed E-state index contributed by atoms with van der Waals surface area (Å²) < 4.78 is 37.1. The molecule has 1 fully saturated rings. The second-order valence-electron chi connectivity index (χ2n) is 5.58. The van der Waals surface area contributed by atoms with Crippen molar-refractivity contribution in [3.8, 4) is 11.5 Å². The Morgan fingerprint density at radius 2 is 1.96 bits per heavy atom. The van der Waals surface area contributed by atoms with E-state index in [0.717, 1.165) is 23.4 Å². The summed E-state index contributed by atoms with van der Waals surface area (Å²) in [5, 5.41) is 2.34. The molecule has 1 saturated heterocycles. The minimum absolute atomic E-state index is 0.196. The molecule has 0 radical (unpaired) electrons. The zero-order valence-corrected chi connectivity index (χ0v) is 15.1. The highest BCUT2D eigenvalue weighted by molar-refractivity contribution is 7.99. The normalized spacial score (nSPS) is 16.5. The van der Waals surface area contributed by atoms with E-state index < -0.39 is 17.7 Å². The molecule has 0 bridgehead atoms. The van der Waals surface area contributed by atoms with Gasteiger partial charge in [0, 0.05) is 29.6 Å². The van der Waals surface area contributed by atoms with Gasteiger partial charge in [0.25, 0.3) is 0 Å². The van der Waals surface area contributed by atoms with Crippen LogP contribution in [0.15, 0.2) is 36.4 Å². The summed E-state index contributed by atoms with van der Waals surface area (Å²) in [5.74, 6) is 0.0874. The lowest BCUT2D eigenvalue weighted by molar-refractivity contribution is 0.213. The minimum atomic E-state index is -1.01. The van der Waals surface area contributed by atoms with E-state index in [1.54, 1.807) is 43.0 Å². The quantitative estimate of drug-likeness (QED) is 0.861. The Morgan fingerprint density at radius 1 is 1.15 bits per heavy atom. The maximum Gasteiger partial charge on any atom is 0.323 e. The number of nitrogens with zero attached hydrogens (tertiary/aromatic N) is 1. The van der Waals surface area contributed by atoms with Gasteiger partial charge in [0.15, 0.2) is 11.6 Å². The smallest absolute Gasteiger partial charge is 0.323 e. The Balaban J connectivity index is 1.83. The zero-order valence-electron chi connectivity index (χ0n) is 14.3. The van der Waals surface area contributed by atoms with Crippen LogP contribution in [0.5, 0.6) is 11.5 Å². The summed E-state index contributed by atoms with van der Waals surface area (Å²) in [6.45, 7) is 0.519. The molecule has 2 aromatic carbocycles. The number of methoxy groups -OCH3 is 2. The van der Waals surface area contributed by atoms with Gasteiger partial charge in [-0.05, 0) is 30.3 Å². The van der Waals surface area contributed by atoms with Gasteiger partial charge in [0.2, 0.25) is 0 Å². The number of ether oxygens (including phenoxy) is 2. The maximum atomic E-state index is 13.4. The van der Waals surface area contributed by atoms with Crippen molar-refractivity contribution in [3.63, 3.8) is 0 Å². The topological polar surface area (TPSA) is 50.8 Å². The Morgan fingerprint density at radius 3 is 2.65 bits per heavy atom. The lowest BCUT2D eigenvalue weighted by atomic mass is 10.1. The van der Waals surface area contributed by atoms with Crippen molar-refractivity contribution in [2.75, 3.05) is 31.8 Å². The van der Waals surface area contributed by atoms with Crippen molar-refractivity contribution in [1.29, 1.82) is 0 Å². The number of carbonyl (C=O) groups excluding carboxylic acids is 1. The molecule has 0 saturated carbocycles. The van der Waals surface area contributed by atoms with Crippen LogP contribution in [0.25, 0.3) is 0 Å². The van der Waals surface area contributed by atoms with Crippen LogP contribution in [0, 0.1) is 11.6 Å². The fourth-order valence-corrected chi connectivity index (χ4v) is 4.01. The Bertz CT molecular complexity index is 819. The molecule has 8 heteroatoms. The van der Waals surface area contributed by atoms with E-state index in [1.165, 1.54) is 6.07 Å². The second kappa shape index (κ2) is 7.82. The van der Waals surface area contributed by atoms with Crippen LogP contribution in [-0.2, 0) is 0 Å². The molecule has 26 heavy (non-hydrogen) atoms. The molecule has 1 aliphatic heterocycles. The molecule has 1 N–H and O–H groups in total. The van der Waals surface area contributed by atoms with Crippen molar-refractivity contribution < 1.29 is 23.0 Å². The number of benzene rings is 2. The van der Waals surface area contributed by atoms with E-state index in [-0.39, 0.29) is 11.1 Å². The number of thioether (sulfide) groups is 1. The highest BCUT2D eigenvalue weighted by atomic mass is 32.2. The summed E-state index contributed by atoms with van der Waals surface area (Å²) in [4.78, 5) is 14.3. The van der Waals surface area contributed by atoms with E-state index >= 15 is 0 Å². The highest BCUT2D eigenvalue weighted by Crippen LogP contribution is 2.43. The predicted octanol–water partition coefficient (Wildman–Crippen LogP) is 4.26. The maximum absolute atomic E-state index is 13.4.